The molecular formula is C17H28FIN4O2. The van der Waals surface area contributed by atoms with Crippen molar-refractivity contribution in [3.8, 4) is 0 Å². The minimum Gasteiger partial charge on any atom is -0.380 e. The third-order valence-corrected chi connectivity index (χ3v) is 3.13. The van der Waals surface area contributed by atoms with E-state index in [1.54, 1.807) is 13.1 Å². The molecule has 1 amide bonds. The number of hydrogen-bond acceptors (Lipinski definition) is 3. The number of nitrogens with zero attached hydrogens (tertiary/aromatic N) is 1. The number of guanidine groups is 1. The van der Waals surface area contributed by atoms with E-state index in [1.165, 1.54) is 18.2 Å². The number of halogens is 2. The van der Waals surface area contributed by atoms with Gasteiger partial charge in [0.2, 0.25) is 5.91 Å². The topological polar surface area (TPSA) is 74.8 Å². The largest absolute Gasteiger partial charge is 0.380 e. The van der Waals surface area contributed by atoms with Crippen molar-refractivity contribution >= 4 is 41.5 Å². The standard InChI is InChI=1S/C17H27FN4O2.HI/c1-13(2)7-9-24-10-8-20-17(19-3)21-12-16(23)22-15-6-4-5-14(18)11-15;/h4-6,11,13H,7-10,12H2,1-3H3,(H,22,23)(H2,19,20,21);1H. The van der Waals surface area contributed by atoms with Crippen molar-refractivity contribution in [2.45, 2.75) is 20.3 Å². The van der Waals surface area contributed by atoms with Crippen molar-refractivity contribution in [2.24, 2.45) is 10.9 Å². The summed E-state index contributed by atoms with van der Waals surface area (Å²) in [7, 11) is 1.62. The number of ether oxygens (including phenoxy) is 1. The van der Waals surface area contributed by atoms with E-state index in [4.69, 9.17) is 4.74 Å². The van der Waals surface area contributed by atoms with Gasteiger partial charge in [-0.2, -0.15) is 0 Å². The molecule has 0 heterocycles. The smallest absolute Gasteiger partial charge is 0.243 e. The van der Waals surface area contributed by atoms with Gasteiger partial charge in [-0.25, -0.2) is 4.39 Å². The molecule has 0 aliphatic heterocycles. The van der Waals surface area contributed by atoms with Gasteiger partial charge in [0.1, 0.15) is 5.82 Å². The monoisotopic (exact) mass is 466 g/mol. The highest BCUT2D eigenvalue weighted by atomic mass is 127. The Morgan fingerprint density at radius 1 is 1.28 bits per heavy atom. The maximum atomic E-state index is 13.1. The molecule has 25 heavy (non-hydrogen) atoms. The minimum absolute atomic E-state index is 0. The fraction of sp³-hybridized carbons (Fsp3) is 0.529. The van der Waals surface area contributed by atoms with Crippen LogP contribution in [-0.2, 0) is 9.53 Å². The average Bonchev–Trinajstić information content (AvgIpc) is 2.53. The van der Waals surface area contributed by atoms with Crippen LogP contribution >= 0.6 is 24.0 Å². The Hall–Kier alpha value is -1.42. The lowest BCUT2D eigenvalue weighted by molar-refractivity contribution is -0.115. The lowest BCUT2D eigenvalue weighted by atomic mass is 10.1. The van der Waals surface area contributed by atoms with Crippen molar-refractivity contribution in [3.63, 3.8) is 0 Å². The molecular weight excluding hydrogens is 438 g/mol. The molecule has 6 nitrogen and oxygen atoms in total. The van der Waals surface area contributed by atoms with Gasteiger partial charge in [0.05, 0.1) is 13.2 Å². The van der Waals surface area contributed by atoms with Crippen molar-refractivity contribution in [1.82, 2.24) is 10.6 Å². The summed E-state index contributed by atoms with van der Waals surface area (Å²) < 4.78 is 18.5. The molecule has 0 radical (unpaired) electrons. The molecule has 142 valence electrons. The van der Waals surface area contributed by atoms with E-state index in [1.807, 2.05) is 0 Å². The van der Waals surface area contributed by atoms with E-state index in [-0.39, 0.29) is 36.4 Å². The highest BCUT2D eigenvalue weighted by Gasteiger charge is 2.05. The summed E-state index contributed by atoms with van der Waals surface area (Å²) in [5.41, 5.74) is 0.420. The van der Waals surface area contributed by atoms with Gasteiger partial charge in [-0.1, -0.05) is 19.9 Å². The van der Waals surface area contributed by atoms with Crippen LogP contribution in [0.5, 0.6) is 0 Å². The fourth-order valence-corrected chi connectivity index (χ4v) is 1.82. The van der Waals surface area contributed by atoms with Gasteiger partial charge in [0.25, 0.3) is 0 Å². The average molecular weight is 466 g/mol. The number of nitrogens with one attached hydrogen (secondary N) is 3. The summed E-state index contributed by atoms with van der Waals surface area (Å²) in [5, 5.41) is 8.56. The Bertz CT molecular complexity index is 541. The molecule has 1 aromatic carbocycles. The highest BCUT2D eigenvalue weighted by Crippen LogP contribution is 2.08. The molecule has 3 N–H and O–H groups in total. The zero-order chi connectivity index (χ0) is 17.8. The van der Waals surface area contributed by atoms with Crippen LogP contribution in [0.15, 0.2) is 29.3 Å². The lowest BCUT2D eigenvalue weighted by Crippen LogP contribution is -2.42. The van der Waals surface area contributed by atoms with Crippen LogP contribution in [0.1, 0.15) is 20.3 Å². The molecule has 0 atom stereocenters. The van der Waals surface area contributed by atoms with Gasteiger partial charge < -0.3 is 20.7 Å². The van der Waals surface area contributed by atoms with E-state index in [0.717, 1.165) is 13.0 Å². The quantitative estimate of drug-likeness (QED) is 0.227. The number of aliphatic imine (C=N–C) groups is 1. The first kappa shape index (κ1) is 23.6. The molecule has 0 saturated carbocycles. The molecule has 0 aliphatic carbocycles. The second-order valence-electron chi connectivity index (χ2n) is 5.71. The third-order valence-electron chi connectivity index (χ3n) is 3.13. The maximum absolute atomic E-state index is 13.1. The number of anilines is 1. The van der Waals surface area contributed by atoms with E-state index in [9.17, 15) is 9.18 Å². The number of rotatable bonds is 9. The molecule has 0 aliphatic rings. The molecule has 1 rings (SSSR count). The summed E-state index contributed by atoms with van der Waals surface area (Å²) in [5.74, 6) is 0.466. The van der Waals surface area contributed by atoms with Crippen LogP contribution in [0.25, 0.3) is 0 Å². The Kier molecular flexibility index (Phi) is 13.0. The van der Waals surface area contributed by atoms with Gasteiger partial charge in [-0.05, 0) is 30.5 Å². The summed E-state index contributed by atoms with van der Waals surface area (Å²) in [4.78, 5) is 15.8. The second-order valence-corrected chi connectivity index (χ2v) is 5.71. The number of hydrogen-bond donors (Lipinski definition) is 3. The lowest BCUT2D eigenvalue weighted by Gasteiger charge is -2.12. The van der Waals surface area contributed by atoms with E-state index < -0.39 is 5.82 Å². The van der Waals surface area contributed by atoms with Gasteiger partial charge in [-0.3, -0.25) is 9.79 Å². The van der Waals surface area contributed by atoms with E-state index in [2.05, 4.69) is 34.8 Å². The number of amides is 1. The summed E-state index contributed by atoms with van der Waals surface area (Å²) in [6.07, 6.45) is 1.03. The van der Waals surface area contributed by atoms with Gasteiger partial charge >= 0.3 is 0 Å². The SMILES string of the molecule is CN=C(NCCOCCC(C)C)NCC(=O)Nc1cccc(F)c1.I. The zero-order valence-electron chi connectivity index (χ0n) is 15.0. The number of carbonyl (C=O) groups excluding carboxylic acids is 1. The third kappa shape index (κ3) is 11.7. The number of carbonyl (C=O) groups is 1. The first-order valence-corrected chi connectivity index (χ1v) is 8.09. The highest BCUT2D eigenvalue weighted by molar-refractivity contribution is 14.0. The molecule has 0 unspecified atom stereocenters. The molecule has 8 heteroatoms. The van der Waals surface area contributed by atoms with Crippen molar-refractivity contribution < 1.29 is 13.9 Å². The van der Waals surface area contributed by atoms with Crippen LogP contribution < -0.4 is 16.0 Å². The Balaban J connectivity index is 0.00000576. The first-order chi connectivity index (χ1) is 11.5. The Morgan fingerprint density at radius 3 is 2.68 bits per heavy atom. The van der Waals surface area contributed by atoms with E-state index >= 15 is 0 Å². The second kappa shape index (κ2) is 13.8. The zero-order valence-corrected chi connectivity index (χ0v) is 17.3. The minimum atomic E-state index is -0.393. The van der Waals surface area contributed by atoms with Gasteiger partial charge in [0.15, 0.2) is 5.96 Å². The molecule has 1 aromatic rings. The maximum Gasteiger partial charge on any atom is 0.243 e. The van der Waals surface area contributed by atoms with Gasteiger partial charge in [-0.15, -0.1) is 24.0 Å². The molecule has 0 bridgehead atoms. The van der Waals surface area contributed by atoms with Crippen molar-refractivity contribution in [1.29, 1.82) is 0 Å². The summed E-state index contributed by atoms with van der Waals surface area (Å²) in [6.45, 7) is 6.25. The van der Waals surface area contributed by atoms with Crippen LogP contribution in [0, 0.1) is 11.7 Å². The van der Waals surface area contributed by atoms with E-state index in [0.29, 0.717) is 30.7 Å². The molecule has 0 aromatic heterocycles. The summed E-state index contributed by atoms with van der Waals surface area (Å²) >= 11 is 0. The molecule has 0 saturated heterocycles. The summed E-state index contributed by atoms with van der Waals surface area (Å²) in [6, 6.07) is 5.75. The normalized spacial score (nSPS) is 11.0. The fourth-order valence-electron chi connectivity index (χ4n) is 1.82. The predicted molar refractivity (Wildman–Crippen MR) is 110 cm³/mol. The van der Waals surface area contributed by atoms with Crippen LogP contribution in [0.4, 0.5) is 10.1 Å². The van der Waals surface area contributed by atoms with Crippen molar-refractivity contribution in [3.05, 3.63) is 30.1 Å². The number of benzene rings is 1. The van der Waals surface area contributed by atoms with Gasteiger partial charge in [0, 0.05) is 25.9 Å². The first-order valence-electron chi connectivity index (χ1n) is 8.09. The van der Waals surface area contributed by atoms with Crippen molar-refractivity contribution in [2.75, 3.05) is 38.7 Å². The Labute approximate surface area is 166 Å². The molecule has 0 fully saturated rings. The van der Waals surface area contributed by atoms with Crippen LogP contribution in [0.3, 0.4) is 0 Å². The Morgan fingerprint density at radius 2 is 2.04 bits per heavy atom. The molecule has 0 spiro atoms. The predicted octanol–water partition coefficient (Wildman–Crippen LogP) is 2.61. The van der Waals surface area contributed by atoms with Crippen LogP contribution in [-0.4, -0.2) is 45.2 Å². The van der Waals surface area contributed by atoms with Crippen LogP contribution in [0.2, 0.25) is 0 Å².